The summed E-state index contributed by atoms with van der Waals surface area (Å²) < 4.78 is 5.60. The topological polar surface area (TPSA) is 51.2 Å². The molecule has 1 heterocycles. The number of aryl methyl sites for hydroxylation is 1. The number of rotatable bonds is 5. The Kier molecular flexibility index (Phi) is 4.75. The summed E-state index contributed by atoms with van der Waals surface area (Å²) in [6.07, 6.45) is 0. The normalized spacial score (nSPS) is 10.6. The SMILES string of the molecule is CCOc1ccccc1CNC(=O)c1cc(C)nc2ccccc12. The molecule has 4 nitrogen and oxygen atoms in total. The van der Waals surface area contributed by atoms with E-state index in [0.717, 1.165) is 27.9 Å². The van der Waals surface area contributed by atoms with Gasteiger partial charge >= 0.3 is 0 Å². The van der Waals surface area contributed by atoms with Crippen LogP contribution in [-0.4, -0.2) is 17.5 Å². The highest BCUT2D eigenvalue weighted by Gasteiger charge is 2.12. The smallest absolute Gasteiger partial charge is 0.252 e. The second-order valence-electron chi connectivity index (χ2n) is 5.55. The molecule has 0 radical (unpaired) electrons. The lowest BCUT2D eigenvalue weighted by Crippen LogP contribution is -2.23. The summed E-state index contributed by atoms with van der Waals surface area (Å²) in [5, 5.41) is 3.85. The minimum atomic E-state index is -0.108. The number of benzene rings is 2. The monoisotopic (exact) mass is 320 g/mol. The van der Waals surface area contributed by atoms with Crippen molar-refractivity contribution in [2.75, 3.05) is 6.61 Å². The Labute approximate surface area is 141 Å². The van der Waals surface area contributed by atoms with E-state index in [1.165, 1.54) is 0 Å². The largest absolute Gasteiger partial charge is 0.494 e. The van der Waals surface area contributed by atoms with E-state index in [4.69, 9.17) is 4.74 Å². The number of hydrogen-bond donors (Lipinski definition) is 1. The number of carbonyl (C=O) groups is 1. The summed E-state index contributed by atoms with van der Waals surface area (Å²) in [5.74, 6) is 0.694. The van der Waals surface area contributed by atoms with Crippen LogP contribution < -0.4 is 10.1 Å². The van der Waals surface area contributed by atoms with Crippen molar-refractivity contribution in [1.82, 2.24) is 10.3 Å². The van der Waals surface area contributed by atoms with Crippen molar-refractivity contribution in [2.24, 2.45) is 0 Å². The molecular weight excluding hydrogens is 300 g/mol. The van der Waals surface area contributed by atoms with Gasteiger partial charge in [-0.05, 0) is 32.0 Å². The number of hydrogen-bond acceptors (Lipinski definition) is 3. The van der Waals surface area contributed by atoms with Crippen LogP contribution in [0.25, 0.3) is 10.9 Å². The number of fused-ring (bicyclic) bond motifs is 1. The molecule has 0 aliphatic carbocycles. The molecule has 0 saturated carbocycles. The van der Waals surface area contributed by atoms with Gasteiger partial charge in [0.25, 0.3) is 5.91 Å². The van der Waals surface area contributed by atoms with Gasteiger partial charge in [-0.3, -0.25) is 9.78 Å². The van der Waals surface area contributed by atoms with Gasteiger partial charge in [-0.2, -0.15) is 0 Å². The van der Waals surface area contributed by atoms with Gasteiger partial charge in [-0.15, -0.1) is 0 Å². The van der Waals surface area contributed by atoms with Gasteiger partial charge in [0.15, 0.2) is 0 Å². The molecule has 1 amide bonds. The first-order chi connectivity index (χ1) is 11.7. The fourth-order valence-corrected chi connectivity index (χ4v) is 2.71. The van der Waals surface area contributed by atoms with Crippen molar-refractivity contribution >= 4 is 16.8 Å². The van der Waals surface area contributed by atoms with Crippen molar-refractivity contribution in [3.63, 3.8) is 0 Å². The van der Waals surface area contributed by atoms with Crippen LogP contribution in [0.2, 0.25) is 0 Å². The Morgan fingerprint density at radius 3 is 2.71 bits per heavy atom. The summed E-state index contributed by atoms with van der Waals surface area (Å²) in [6.45, 7) is 4.86. The minimum absolute atomic E-state index is 0.108. The van der Waals surface area contributed by atoms with Crippen LogP contribution in [0.3, 0.4) is 0 Å². The minimum Gasteiger partial charge on any atom is -0.494 e. The number of pyridine rings is 1. The number of amides is 1. The van der Waals surface area contributed by atoms with Crippen LogP contribution in [0.15, 0.2) is 54.6 Å². The molecule has 0 spiro atoms. The summed E-state index contributed by atoms with van der Waals surface area (Å²) in [5.41, 5.74) is 3.26. The Hall–Kier alpha value is -2.88. The van der Waals surface area contributed by atoms with Crippen molar-refractivity contribution in [3.05, 3.63) is 71.4 Å². The third-order valence-electron chi connectivity index (χ3n) is 3.80. The molecule has 4 heteroatoms. The van der Waals surface area contributed by atoms with Gasteiger partial charge < -0.3 is 10.1 Å². The first-order valence-corrected chi connectivity index (χ1v) is 8.04. The average molecular weight is 320 g/mol. The van der Waals surface area contributed by atoms with E-state index in [0.29, 0.717) is 18.7 Å². The zero-order chi connectivity index (χ0) is 16.9. The maximum atomic E-state index is 12.7. The number of aromatic nitrogens is 1. The molecule has 0 aliphatic heterocycles. The quantitative estimate of drug-likeness (QED) is 0.776. The molecule has 2 aromatic carbocycles. The fourth-order valence-electron chi connectivity index (χ4n) is 2.71. The van der Waals surface area contributed by atoms with Gasteiger partial charge in [0.05, 0.1) is 17.7 Å². The highest BCUT2D eigenvalue weighted by atomic mass is 16.5. The van der Waals surface area contributed by atoms with Crippen LogP contribution >= 0.6 is 0 Å². The van der Waals surface area contributed by atoms with Crippen LogP contribution in [0.4, 0.5) is 0 Å². The summed E-state index contributed by atoms with van der Waals surface area (Å²) in [7, 11) is 0. The van der Waals surface area contributed by atoms with E-state index >= 15 is 0 Å². The molecule has 122 valence electrons. The van der Waals surface area contributed by atoms with Gasteiger partial charge in [0, 0.05) is 23.2 Å². The summed E-state index contributed by atoms with van der Waals surface area (Å²) >= 11 is 0. The third-order valence-corrected chi connectivity index (χ3v) is 3.80. The lowest BCUT2D eigenvalue weighted by atomic mass is 10.1. The molecule has 0 fully saturated rings. The zero-order valence-electron chi connectivity index (χ0n) is 13.9. The number of para-hydroxylation sites is 2. The summed E-state index contributed by atoms with van der Waals surface area (Å²) in [4.78, 5) is 17.1. The molecule has 0 aliphatic rings. The van der Waals surface area contributed by atoms with E-state index < -0.39 is 0 Å². The van der Waals surface area contributed by atoms with E-state index in [-0.39, 0.29) is 5.91 Å². The van der Waals surface area contributed by atoms with Crippen molar-refractivity contribution in [1.29, 1.82) is 0 Å². The van der Waals surface area contributed by atoms with E-state index in [9.17, 15) is 4.79 Å². The maximum Gasteiger partial charge on any atom is 0.252 e. The first-order valence-electron chi connectivity index (χ1n) is 8.04. The zero-order valence-corrected chi connectivity index (χ0v) is 13.9. The molecule has 3 aromatic rings. The number of nitrogens with zero attached hydrogens (tertiary/aromatic N) is 1. The Balaban J connectivity index is 1.84. The van der Waals surface area contributed by atoms with Gasteiger partial charge in [0.2, 0.25) is 0 Å². The molecule has 0 bridgehead atoms. The van der Waals surface area contributed by atoms with Crippen LogP contribution in [0, 0.1) is 6.92 Å². The molecule has 0 unspecified atom stereocenters. The Morgan fingerprint density at radius 2 is 1.88 bits per heavy atom. The molecule has 0 atom stereocenters. The maximum absolute atomic E-state index is 12.7. The number of carbonyl (C=O) groups excluding carboxylic acids is 1. The predicted molar refractivity (Wildman–Crippen MR) is 95.3 cm³/mol. The van der Waals surface area contributed by atoms with Gasteiger partial charge in [0.1, 0.15) is 5.75 Å². The summed E-state index contributed by atoms with van der Waals surface area (Å²) in [6, 6.07) is 17.2. The van der Waals surface area contributed by atoms with Crippen LogP contribution in [0.1, 0.15) is 28.5 Å². The average Bonchev–Trinajstić information content (AvgIpc) is 2.60. The third kappa shape index (κ3) is 3.38. The Bertz CT molecular complexity index is 874. The molecule has 0 saturated heterocycles. The van der Waals surface area contributed by atoms with Crippen molar-refractivity contribution in [3.8, 4) is 5.75 Å². The van der Waals surface area contributed by atoms with Crippen LogP contribution in [-0.2, 0) is 6.54 Å². The highest BCUT2D eigenvalue weighted by Crippen LogP contribution is 2.20. The lowest BCUT2D eigenvalue weighted by molar-refractivity contribution is 0.0952. The second-order valence-corrected chi connectivity index (χ2v) is 5.55. The van der Waals surface area contributed by atoms with Crippen LogP contribution in [0.5, 0.6) is 5.75 Å². The van der Waals surface area contributed by atoms with E-state index in [1.54, 1.807) is 0 Å². The van der Waals surface area contributed by atoms with Crippen molar-refractivity contribution < 1.29 is 9.53 Å². The number of nitrogens with one attached hydrogen (secondary N) is 1. The lowest BCUT2D eigenvalue weighted by Gasteiger charge is -2.12. The number of ether oxygens (including phenoxy) is 1. The second kappa shape index (κ2) is 7.13. The predicted octanol–water partition coefficient (Wildman–Crippen LogP) is 3.87. The molecule has 1 aromatic heterocycles. The highest BCUT2D eigenvalue weighted by molar-refractivity contribution is 6.06. The molecular formula is C20H20N2O2. The first kappa shape index (κ1) is 16.0. The van der Waals surface area contributed by atoms with Gasteiger partial charge in [-0.25, -0.2) is 0 Å². The standard InChI is InChI=1S/C20H20N2O2/c1-3-24-19-11-7-4-8-15(19)13-21-20(23)17-12-14(2)22-18-10-6-5-9-16(17)18/h4-12H,3,13H2,1-2H3,(H,21,23). The van der Waals surface area contributed by atoms with Crippen molar-refractivity contribution in [2.45, 2.75) is 20.4 Å². The molecule has 24 heavy (non-hydrogen) atoms. The Morgan fingerprint density at radius 1 is 1.12 bits per heavy atom. The molecule has 3 rings (SSSR count). The van der Waals surface area contributed by atoms with E-state index in [2.05, 4.69) is 10.3 Å². The van der Waals surface area contributed by atoms with Gasteiger partial charge in [-0.1, -0.05) is 36.4 Å². The fraction of sp³-hybridized carbons (Fsp3) is 0.200. The van der Waals surface area contributed by atoms with E-state index in [1.807, 2.05) is 68.4 Å². The molecule has 1 N–H and O–H groups in total.